The molecule has 2 aromatic rings. The molecule has 2 aliphatic heterocycles. The largest absolute Gasteiger partial charge is 0.493 e. The zero-order chi connectivity index (χ0) is 17.8. The zero-order valence-electron chi connectivity index (χ0n) is 15.1. The predicted octanol–water partition coefficient (Wildman–Crippen LogP) is 3.59. The Bertz CT molecular complexity index is 734. The fourth-order valence-corrected chi connectivity index (χ4v) is 3.95. The first kappa shape index (κ1) is 17.2. The van der Waals surface area contributed by atoms with E-state index in [2.05, 4.69) is 9.88 Å². The van der Waals surface area contributed by atoms with Crippen molar-refractivity contribution in [1.82, 2.24) is 14.9 Å². The van der Waals surface area contributed by atoms with Gasteiger partial charge in [-0.3, -0.25) is 9.88 Å². The monoisotopic (exact) mass is 355 g/mol. The van der Waals surface area contributed by atoms with Gasteiger partial charge >= 0.3 is 0 Å². The number of likely N-dealkylation sites (tertiary alicyclic amines) is 1. The number of rotatable bonds is 5. The van der Waals surface area contributed by atoms with Gasteiger partial charge in [-0.25, -0.2) is 4.98 Å². The molecular weight excluding hydrogens is 330 g/mol. The number of nitrogens with zero attached hydrogens (tertiary/aromatic N) is 3. The van der Waals surface area contributed by atoms with E-state index < -0.39 is 0 Å². The highest BCUT2D eigenvalue weighted by molar-refractivity contribution is 5.41. The van der Waals surface area contributed by atoms with Crippen LogP contribution >= 0.6 is 0 Å². The molecule has 4 rings (SSSR count). The lowest BCUT2D eigenvalue weighted by molar-refractivity contribution is 0.0284. The second-order valence-corrected chi connectivity index (χ2v) is 6.77. The van der Waals surface area contributed by atoms with Crippen LogP contribution in [0.5, 0.6) is 17.4 Å². The van der Waals surface area contributed by atoms with Crippen LogP contribution in [-0.4, -0.2) is 47.8 Å². The first-order valence-corrected chi connectivity index (χ1v) is 9.31. The van der Waals surface area contributed by atoms with Gasteiger partial charge in [0.2, 0.25) is 5.88 Å². The molecule has 0 spiro atoms. The van der Waals surface area contributed by atoms with Gasteiger partial charge in [0.1, 0.15) is 0 Å². The van der Waals surface area contributed by atoms with E-state index in [1.807, 2.05) is 30.5 Å². The summed E-state index contributed by atoms with van der Waals surface area (Å²) < 4.78 is 16.8. The fourth-order valence-electron chi connectivity index (χ4n) is 3.95. The molecule has 2 saturated heterocycles. The number of para-hydroxylation sites is 2. The van der Waals surface area contributed by atoms with E-state index in [4.69, 9.17) is 19.2 Å². The van der Waals surface area contributed by atoms with Crippen molar-refractivity contribution in [3.8, 4) is 17.4 Å². The van der Waals surface area contributed by atoms with Crippen LogP contribution in [0.4, 0.5) is 0 Å². The number of hydrogen-bond donors (Lipinski definition) is 0. The molecule has 0 unspecified atom stereocenters. The molecule has 6 heteroatoms. The summed E-state index contributed by atoms with van der Waals surface area (Å²) in [5.41, 5.74) is 0.987. The molecule has 2 aliphatic rings. The van der Waals surface area contributed by atoms with E-state index in [1.54, 1.807) is 13.3 Å². The van der Waals surface area contributed by atoms with Crippen LogP contribution in [0.3, 0.4) is 0 Å². The Balaban J connectivity index is 1.53. The fraction of sp³-hybridized carbons (Fsp3) is 0.500. The Morgan fingerprint density at radius 2 is 1.88 bits per heavy atom. The molecule has 6 nitrogen and oxygen atoms in total. The lowest BCUT2D eigenvalue weighted by Gasteiger charge is -2.35. The normalized spacial score (nSPS) is 21.7. The predicted molar refractivity (Wildman–Crippen MR) is 97.6 cm³/mol. The minimum atomic E-state index is 0.312. The van der Waals surface area contributed by atoms with E-state index in [9.17, 15) is 0 Å². The molecular formula is C20H25N3O3. The van der Waals surface area contributed by atoms with Crippen molar-refractivity contribution in [2.24, 2.45) is 0 Å². The zero-order valence-corrected chi connectivity index (χ0v) is 15.1. The number of methoxy groups -OCH3 is 1. The third-order valence-electron chi connectivity index (χ3n) is 5.21. The Hall–Kier alpha value is -2.18. The number of aromatic nitrogens is 2. The van der Waals surface area contributed by atoms with Gasteiger partial charge in [-0.15, -0.1) is 0 Å². The van der Waals surface area contributed by atoms with Gasteiger partial charge in [-0.05, 0) is 44.4 Å². The molecule has 0 radical (unpaired) electrons. The van der Waals surface area contributed by atoms with Gasteiger partial charge in [0.15, 0.2) is 11.5 Å². The minimum absolute atomic E-state index is 0.312. The number of benzene rings is 1. The molecule has 0 bridgehead atoms. The lowest BCUT2D eigenvalue weighted by atomic mass is 10.0. The van der Waals surface area contributed by atoms with E-state index >= 15 is 0 Å². The summed E-state index contributed by atoms with van der Waals surface area (Å²) in [6.45, 7) is 2.83. The van der Waals surface area contributed by atoms with Crippen molar-refractivity contribution in [2.75, 3.05) is 26.9 Å². The summed E-state index contributed by atoms with van der Waals surface area (Å²) in [5, 5.41) is 0. The average molecular weight is 355 g/mol. The van der Waals surface area contributed by atoms with E-state index in [0.29, 0.717) is 29.5 Å². The Kier molecular flexibility index (Phi) is 5.32. The molecule has 3 heterocycles. The maximum Gasteiger partial charge on any atom is 0.238 e. The standard InChI is InChI=1S/C20H25N3O3/c1-24-18-6-2-3-7-19(18)26-20-14-21-13-16(22-20)17-5-4-10-23(17)15-8-11-25-12-9-15/h2-3,6-7,13-15,17H,4-5,8-12H2,1H3/t17-/m1/s1. The molecule has 138 valence electrons. The second-order valence-electron chi connectivity index (χ2n) is 6.77. The van der Waals surface area contributed by atoms with Gasteiger partial charge in [-0.2, -0.15) is 0 Å². The molecule has 2 fully saturated rings. The van der Waals surface area contributed by atoms with E-state index in [-0.39, 0.29) is 0 Å². The third-order valence-corrected chi connectivity index (χ3v) is 5.21. The highest BCUT2D eigenvalue weighted by Gasteiger charge is 2.33. The Labute approximate surface area is 154 Å². The number of hydrogen-bond acceptors (Lipinski definition) is 6. The highest BCUT2D eigenvalue weighted by atomic mass is 16.5. The van der Waals surface area contributed by atoms with Gasteiger partial charge in [0, 0.05) is 19.3 Å². The summed E-state index contributed by atoms with van der Waals surface area (Å²) in [7, 11) is 1.63. The maximum atomic E-state index is 5.94. The minimum Gasteiger partial charge on any atom is -0.493 e. The summed E-state index contributed by atoms with van der Waals surface area (Å²) in [6, 6.07) is 8.47. The molecule has 1 aromatic carbocycles. The van der Waals surface area contributed by atoms with Crippen LogP contribution in [0, 0.1) is 0 Å². The van der Waals surface area contributed by atoms with Crippen LogP contribution in [0.1, 0.15) is 37.4 Å². The third kappa shape index (κ3) is 3.66. The highest BCUT2D eigenvalue weighted by Crippen LogP contribution is 2.36. The summed E-state index contributed by atoms with van der Waals surface area (Å²) >= 11 is 0. The second kappa shape index (κ2) is 8.01. The van der Waals surface area contributed by atoms with Gasteiger partial charge in [0.25, 0.3) is 0 Å². The quantitative estimate of drug-likeness (QED) is 0.817. The van der Waals surface area contributed by atoms with Crippen LogP contribution in [0.25, 0.3) is 0 Å². The van der Waals surface area contributed by atoms with Crippen LogP contribution < -0.4 is 9.47 Å². The molecule has 0 aliphatic carbocycles. The van der Waals surface area contributed by atoms with Crippen molar-refractivity contribution in [3.63, 3.8) is 0 Å². The first-order valence-electron chi connectivity index (χ1n) is 9.31. The van der Waals surface area contributed by atoms with Crippen LogP contribution in [0.2, 0.25) is 0 Å². The smallest absolute Gasteiger partial charge is 0.238 e. The average Bonchev–Trinajstić information content (AvgIpc) is 3.19. The van der Waals surface area contributed by atoms with Gasteiger partial charge in [-0.1, -0.05) is 12.1 Å². The molecule has 1 aromatic heterocycles. The topological polar surface area (TPSA) is 56.7 Å². The van der Waals surface area contributed by atoms with Crippen molar-refractivity contribution in [3.05, 3.63) is 42.4 Å². The molecule has 26 heavy (non-hydrogen) atoms. The number of ether oxygens (including phenoxy) is 3. The van der Waals surface area contributed by atoms with Gasteiger partial charge < -0.3 is 14.2 Å². The van der Waals surface area contributed by atoms with Crippen molar-refractivity contribution < 1.29 is 14.2 Å². The van der Waals surface area contributed by atoms with E-state index in [1.165, 1.54) is 6.42 Å². The van der Waals surface area contributed by atoms with Crippen molar-refractivity contribution in [1.29, 1.82) is 0 Å². The van der Waals surface area contributed by atoms with Crippen molar-refractivity contribution >= 4 is 0 Å². The maximum absolute atomic E-state index is 5.94. The summed E-state index contributed by atoms with van der Waals surface area (Å²) in [4.78, 5) is 11.7. The van der Waals surface area contributed by atoms with Crippen LogP contribution in [0.15, 0.2) is 36.7 Å². The first-order chi connectivity index (χ1) is 12.8. The Morgan fingerprint density at radius 1 is 1.08 bits per heavy atom. The lowest BCUT2D eigenvalue weighted by Crippen LogP contribution is -2.39. The molecule has 1 atom stereocenters. The molecule has 0 amide bonds. The summed E-state index contributed by atoms with van der Waals surface area (Å²) in [5.74, 6) is 1.84. The summed E-state index contributed by atoms with van der Waals surface area (Å²) in [6.07, 6.45) is 8.04. The van der Waals surface area contributed by atoms with Crippen molar-refractivity contribution in [2.45, 2.75) is 37.8 Å². The molecule has 0 N–H and O–H groups in total. The molecule has 0 saturated carbocycles. The van der Waals surface area contributed by atoms with Crippen LogP contribution in [-0.2, 0) is 4.74 Å². The van der Waals surface area contributed by atoms with Gasteiger partial charge in [0.05, 0.1) is 31.2 Å². The van der Waals surface area contributed by atoms with E-state index in [0.717, 1.165) is 44.7 Å². The Morgan fingerprint density at radius 3 is 2.69 bits per heavy atom. The SMILES string of the molecule is COc1ccccc1Oc1cncc([C@H]2CCCN2C2CCOCC2)n1.